The van der Waals surface area contributed by atoms with Gasteiger partial charge in [-0.15, -0.1) is 12.4 Å². The third-order valence-electron chi connectivity index (χ3n) is 4.60. The topological polar surface area (TPSA) is 102 Å². The zero-order valence-electron chi connectivity index (χ0n) is 16.3. The molecule has 9 heteroatoms. The van der Waals surface area contributed by atoms with E-state index in [1.54, 1.807) is 18.0 Å². The molecule has 0 bridgehead atoms. The molecule has 2 rings (SSSR count). The molecular weight excluding hydrogens is 390 g/mol. The Morgan fingerprint density at radius 1 is 1.37 bits per heavy atom. The van der Waals surface area contributed by atoms with Gasteiger partial charge in [-0.3, -0.25) is 4.79 Å². The summed E-state index contributed by atoms with van der Waals surface area (Å²) in [6, 6.07) is 4.47. The Morgan fingerprint density at radius 2 is 2.00 bits per heavy atom. The van der Waals surface area contributed by atoms with Gasteiger partial charge in [0.1, 0.15) is 10.6 Å². The first-order valence-electron chi connectivity index (χ1n) is 8.87. The maximum atomic E-state index is 12.7. The average Bonchev–Trinajstić information content (AvgIpc) is 3.41. The van der Waals surface area contributed by atoms with Crippen LogP contribution in [0.2, 0.25) is 0 Å². The number of carbonyl (C=O) groups excluding carboxylic acids is 1. The number of nitrogens with one attached hydrogen (secondary N) is 1. The number of benzene rings is 1. The lowest BCUT2D eigenvalue weighted by Gasteiger charge is -2.22. The van der Waals surface area contributed by atoms with Crippen LogP contribution in [0.1, 0.15) is 43.5 Å². The number of hydrogen-bond acceptors (Lipinski definition) is 5. The largest absolute Gasteiger partial charge is 0.495 e. The minimum absolute atomic E-state index is 0. The average molecular weight is 420 g/mol. The zero-order chi connectivity index (χ0) is 19.5. The smallest absolute Gasteiger partial charge is 0.253 e. The summed E-state index contributed by atoms with van der Waals surface area (Å²) in [4.78, 5) is 14.2. The number of rotatable bonds is 9. The molecule has 1 amide bonds. The van der Waals surface area contributed by atoms with E-state index in [-0.39, 0.29) is 41.0 Å². The molecule has 0 radical (unpaired) electrons. The molecule has 154 valence electrons. The van der Waals surface area contributed by atoms with Crippen molar-refractivity contribution in [3.05, 3.63) is 23.8 Å². The van der Waals surface area contributed by atoms with E-state index in [0.717, 1.165) is 12.8 Å². The fourth-order valence-corrected chi connectivity index (χ4v) is 4.00. The molecule has 1 fully saturated rings. The van der Waals surface area contributed by atoms with Crippen molar-refractivity contribution in [2.75, 3.05) is 20.7 Å². The van der Waals surface area contributed by atoms with Gasteiger partial charge in [-0.05, 0) is 43.4 Å². The fourth-order valence-electron chi connectivity index (χ4n) is 2.50. The minimum atomic E-state index is -3.72. The normalized spacial score (nSPS) is 15.2. The third-order valence-corrected chi connectivity index (χ3v) is 6.14. The van der Waals surface area contributed by atoms with Gasteiger partial charge < -0.3 is 15.4 Å². The number of nitrogens with two attached hydrogens (primary N) is 1. The van der Waals surface area contributed by atoms with Crippen molar-refractivity contribution in [1.29, 1.82) is 0 Å². The molecule has 0 spiro atoms. The van der Waals surface area contributed by atoms with Crippen molar-refractivity contribution in [2.45, 2.75) is 50.1 Å². The van der Waals surface area contributed by atoms with Crippen LogP contribution in [0.25, 0.3) is 0 Å². The summed E-state index contributed by atoms with van der Waals surface area (Å²) in [5, 5.41) is 0. The number of hydrogen-bond donors (Lipinski definition) is 2. The number of ether oxygens (including phenoxy) is 1. The predicted molar refractivity (Wildman–Crippen MR) is 108 cm³/mol. The van der Waals surface area contributed by atoms with Crippen LogP contribution in [0, 0.1) is 5.92 Å². The van der Waals surface area contributed by atoms with Gasteiger partial charge in [0.2, 0.25) is 10.0 Å². The van der Waals surface area contributed by atoms with Crippen LogP contribution in [0.4, 0.5) is 0 Å². The molecular formula is C18H30ClN3O4S. The summed E-state index contributed by atoms with van der Waals surface area (Å²) < 4.78 is 32.9. The number of methoxy groups -OCH3 is 1. The van der Waals surface area contributed by atoms with Crippen molar-refractivity contribution < 1.29 is 17.9 Å². The molecule has 1 aromatic carbocycles. The van der Waals surface area contributed by atoms with Crippen molar-refractivity contribution in [2.24, 2.45) is 11.7 Å². The maximum Gasteiger partial charge on any atom is 0.253 e. The minimum Gasteiger partial charge on any atom is -0.495 e. The van der Waals surface area contributed by atoms with E-state index >= 15 is 0 Å². The second-order valence-corrected chi connectivity index (χ2v) is 8.87. The number of sulfonamides is 1. The number of amides is 1. The van der Waals surface area contributed by atoms with Crippen LogP contribution in [0.15, 0.2) is 23.1 Å². The molecule has 3 N–H and O–H groups in total. The quantitative estimate of drug-likeness (QED) is 0.637. The Balaban J connectivity index is 0.00000364. The summed E-state index contributed by atoms with van der Waals surface area (Å²) in [5.74, 6) is 0.315. The zero-order valence-corrected chi connectivity index (χ0v) is 17.9. The van der Waals surface area contributed by atoms with Gasteiger partial charge in [-0.2, -0.15) is 0 Å². The van der Waals surface area contributed by atoms with Crippen LogP contribution in [0.3, 0.4) is 0 Å². The molecule has 1 atom stereocenters. The molecule has 27 heavy (non-hydrogen) atoms. The van der Waals surface area contributed by atoms with E-state index in [1.165, 1.54) is 19.2 Å². The van der Waals surface area contributed by atoms with Gasteiger partial charge in [-0.25, -0.2) is 13.1 Å². The van der Waals surface area contributed by atoms with Gasteiger partial charge in [0.25, 0.3) is 5.91 Å². The van der Waals surface area contributed by atoms with Gasteiger partial charge in [-0.1, -0.05) is 13.8 Å². The summed E-state index contributed by atoms with van der Waals surface area (Å²) in [6.45, 7) is 4.59. The Labute approximate surface area is 168 Å². The Morgan fingerprint density at radius 3 is 2.52 bits per heavy atom. The number of nitrogens with zero attached hydrogens (tertiary/aromatic N) is 1. The second kappa shape index (κ2) is 9.73. The van der Waals surface area contributed by atoms with E-state index in [2.05, 4.69) is 4.72 Å². The molecule has 1 aliphatic rings. The Bertz CT molecular complexity index is 751. The number of halogens is 1. The highest BCUT2D eigenvalue weighted by Crippen LogP contribution is 2.28. The SMILES string of the molecule is COc1ccc(C(=O)N(C)CCC(N)C(C)C)cc1S(=O)(=O)NC1CC1.Cl. The van der Waals surface area contributed by atoms with Gasteiger partial charge in [0.05, 0.1) is 7.11 Å². The second-order valence-electron chi connectivity index (χ2n) is 7.18. The van der Waals surface area contributed by atoms with Crippen LogP contribution in [-0.4, -0.2) is 52.0 Å². The first-order chi connectivity index (χ1) is 12.2. The number of carbonyl (C=O) groups is 1. The van der Waals surface area contributed by atoms with Crippen LogP contribution in [0.5, 0.6) is 5.75 Å². The van der Waals surface area contributed by atoms with Crippen LogP contribution < -0.4 is 15.2 Å². The van der Waals surface area contributed by atoms with Crippen molar-refractivity contribution >= 4 is 28.3 Å². The Hall–Kier alpha value is -1.35. The van der Waals surface area contributed by atoms with Crippen molar-refractivity contribution in [1.82, 2.24) is 9.62 Å². The standard InChI is InChI=1S/C18H29N3O4S.ClH/c1-12(2)15(19)9-10-21(3)18(22)13-5-8-16(25-4)17(11-13)26(23,24)20-14-6-7-14;/h5,8,11-12,14-15,20H,6-7,9-10,19H2,1-4H3;1H. The summed E-state index contributed by atoms with van der Waals surface area (Å²) in [5.41, 5.74) is 6.34. The van der Waals surface area contributed by atoms with Gasteiger partial charge in [0.15, 0.2) is 0 Å². The molecule has 0 heterocycles. The van der Waals surface area contributed by atoms with E-state index in [4.69, 9.17) is 10.5 Å². The summed E-state index contributed by atoms with van der Waals surface area (Å²) >= 11 is 0. The lowest BCUT2D eigenvalue weighted by Crippen LogP contribution is -2.34. The third kappa shape index (κ3) is 6.34. The molecule has 0 aromatic heterocycles. The van der Waals surface area contributed by atoms with Gasteiger partial charge >= 0.3 is 0 Å². The van der Waals surface area contributed by atoms with E-state index in [1.807, 2.05) is 13.8 Å². The first-order valence-corrected chi connectivity index (χ1v) is 10.4. The van der Waals surface area contributed by atoms with E-state index < -0.39 is 10.0 Å². The highest BCUT2D eigenvalue weighted by molar-refractivity contribution is 7.89. The maximum absolute atomic E-state index is 12.7. The monoisotopic (exact) mass is 419 g/mol. The van der Waals surface area contributed by atoms with E-state index in [0.29, 0.717) is 24.4 Å². The fraction of sp³-hybridized carbons (Fsp3) is 0.611. The molecule has 0 aliphatic heterocycles. The Kier molecular flexibility index (Phi) is 8.53. The predicted octanol–water partition coefficient (Wildman–Crippen LogP) is 2.00. The van der Waals surface area contributed by atoms with Crippen LogP contribution in [-0.2, 0) is 10.0 Å². The molecule has 7 nitrogen and oxygen atoms in total. The molecule has 0 saturated heterocycles. The molecule has 1 saturated carbocycles. The van der Waals surface area contributed by atoms with E-state index in [9.17, 15) is 13.2 Å². The lowest BCUT2D eigenvalue weighted by atomic mass is 10.0. The summed E-state index contributed by atoms with van der Waals surface area (Å²) in [6.07, 6.45) is 2.35. The molecule has 1 aliphatic carbocycles. The molecule has 1 unspecified atom stereocenters. The van der Waals surface area contributed by atoms with Crippen molar-refractivity contribution in [3.8, 4) is 5.75 Å². The van der Waals surface area contributed by atoms with Crippen LogP contribution >= 0.6 is 12.4 Å². The highest BCUT2D eigenvalue weighted by Gasteiger charge is 2.30. The van der Waals surface area contributed by atoms with Crippen molar-refractivity contribution in [3.63, 3.8) is 0 Å². The first kappa shape index (κ1) is 23.7. The van der Waals surface area contributed by atoms with Gasteiger partial charge in [0, 0.05) is 31.2 Å². The lowest BCUT2D eigenvalue weighted by molar-refractivity contribution is 0.0789. The summed E-state index contributed by atoms with van der Waals surface area (Å²) in [7, 11) is -0.624. The highest BCUT2D eigenvalue weighted by atomic mass is 35.5. The molecule has 1 aromatic rings.